The van der Waals surface area contributed by atoms with Crippen LogP contribution in [0.3, 0.4) is 0 Å². The number of rotatable bonds is 1. The number of hydrogen-bond acceptors (Lipinski definition) is 3. The first kappa shape index (κ1) is 13.8. The van der Waals surface area contributed by atoms with Crippen molar-refractivity contribution in [2.24, 2.45) is 0 Å². The van der Waals surface area contributed by atoms with Crippen LogP contribution in [0.25, 0.3) is 0 Å². The highest BCUT2D eigenvalue weighted by Crippen LogP contribution is 2.36. The molecule has 2 aromatic rings. The third-order valence-electron chi connectivity index (χ3n) is 3.87. The maximum atomic E-state index is 12.1. The van der Waals surface area contributed by atoms with Crippen LogP contribution in [0.2, 0.25) is 0 Å². The number of carbonyl (C=O) groups excluding carboxylic acids is 1. The summed E-state index contributed by atoms with van der Waals surface area (Å²) < 4.78 is 0. The van der Waals surface area contributed by atoms with Gasteiger partial charge in [0, 0.05) is 16.8 Å². The first-order valence-corrected chi connectivity index (χ1v) is 7.22. The summed E-state index contributed by atoms with van der Waals surface area (Å²) in [5.41, 5.74) is 6.30. The molecular formula is C17H16N2OS. The molecule has 0 saturated carbocycles. The second-order valence-corrected chi connectivity index (χ2v) is 5.71. The molecule has 0 unspecified atom stereocenters. The maximum absolute atomic E-state index is 12.1. The van der Waals surface area contributed by atoms with E-state index in [1.54, 1.807) is 6.92 Å². The molecule has 0 aliphatic carbocycles. The molecule has 106 valence electrons. The first-order valence-electron chi connectivity index (χ1n) is 6.81. The predicted molar refractivity (Wildman–Crippen MR) is 91.0 cm³/mol. The summed E-state index contributed by atoms with van der Waals surface area (Å²) in [4.78, 5) is 12.7. The quantitative estimate of drug-likeness (QED) is 0.606. The topological polar surface area (TPSA) is 41.1 Å². The van der Waals surface area contributed by atoms with Crippen LogP contribution in [0.4, 0.5) is 17.1 Å². The van der Waals surface area contributed by atoms with E-state index in [2.05, 4.69) is 10.6 Å². The van der Waals surface area contributed by atoms with Crippen LogP contribution in [-0.2, 0) is 0 Å². The van der Waals surface area contributed by atoms with Gasteiger partial charge in [0.1, 0.15) is 4.99 Å². The molecular weight excluding hydrogens is 280 g/mol. The Balaban J connectivity index is 2.30. The second kappa shape index (κ2) is 4.97. The van der Waals surface area contributed by atoms with Gasteiger partial charge >= 0.3 is 0 Å². The fourth-order valence-electron chi connectivity index (χ4n) is 2.72. The number of anilines is 3. The average Bonchev–Trinajstić information content (AvgIpc) is 2.56. The van der Waals surface area contributed by atoms with Gasteiger partial charge in [-0.25, -0.2) is 0 Å². The van der Waals surface area contributed by atoms with Crippen LogP contribution in [-0.4, -0.2) is 10.8 Å². The molecule has 0 spiro atoms. The number of nitrogens with one attached hydrogen (secondary N) is 2. The van der Waals surface area contributed by atoms with Crippen molar-refractivity contribution in [3.8, 4) is 0 Å². The monoisotopic (exact) mass is 296 g/mol. The number of fused-ring (bicyclic) bond motifs is 2. The molecule has 3 nitrogen and oxygen atoms in total. The number of ketones is 1. The van der Waals surface area contributed by atoms with Crippen LogP contribution in [0, 0.1) is 13.8 Å². The Morgan fingerprint density at radius 2 is 1.67 bits per heavy atom. The maximum Gasteiger partial charge on any atom is 0.160 e. The molecule has 0 bridgehead atoms. The van der Waals surface area contributed by atoms with Crippen molar-refractivity contribution >= 4 is 40.1 Å². The fourth-order valence-corrected chi connectivity index (χ4v) is 3.04. The van der Waals surface area contributed by atoms with Gasteiger partial charge < -0.3 is 10.6 Å². The molecule has 4 heteroatoms. The highest BCUT2D eigenvalue weighted by molar-refractivity contribution is 7.81. The van der Waals surface area contributed by atoms with Gasteiger partial charge in [-0.3, -0.25) is 4.79 Å². The molecule has 1 aliphatic heterocycles. The number of carbonyl (C=O) groups is 1. The third-order valence-corrected chi connectivity index (χ3v) is 4.18. The predicted octanol–water partition coefficient (Wildman–Crippen LogP) is 4.35. The SMILES string of the molecule is CC(=O)c1c(C)c(C)cc2c1C(=S)Nc1ccccc1N2. The van der Waals surface area contributed by atoms with Crippen molar-refractivity contribution in [1.82, 2.24) is 0 Å². The van der Waals surface area contributed by atoms with E-state index in [0.29, 0.717) is 10.6 Å². The number of benzene rings is 2. The van der Waals surface area contributed by atoms with Crippen molar-refractivity contribution in [3.05, 3.63) is 52.6 Å². The zero-order valence-corrected chi connectivity index (χ0v) is 13.0. The molecule has 2 N–H and O–H groups in total. The number of Topliss-reactive ketones (excluding diaryl/α,β-unsaturated/α-hetero) is 1. The summed E-state index contributed by atoms with van der Waals surface area (Å²) in [6.45, 7) is 5.56. The normalized spacial score (nSPS) is 12.6. The highest BCUT2D eigenvalue weighted by Gasteiger charge is 2.23. The van der Waals surface area contributed by atoms with Gasteiger partial charge in [0.15, 0.2) is 5.78 Å². The summed E-state index contributed by atoms with van der Waals surface area (Å²) in [6.07, 6.45) is 0. The Kier molecular flexibility index (Phi) is 3.26. The van der Waals surface area contributed by atoms with E-state index in [1.807, 2.05) is 44.2 Å². The van der Waals surface area contributed by atoms with Crippen LogP contribution < -0.4 is 10.6 Å². The minimum absolute atomic E-state index is 0.0318. The van der Waals surface area contributed by atoms with Crippen molar-refractivity contribution < 1.29 is 4.79 Å². The van der Waals surface area contributed by atoms with Gasteiger partial charge in [0.05, 0.1) is 11.4 Å². The van der Waals surface area contributed by atoms with Crippen LogP contribution in [0.1, 0.15) is 34.0 Å². The Bertz CT molecular complexity index is 781. The number of aryl methyl sites for hydroxylation is 1. The lowest BCUT2D eigenvalue weighted by Gasteiger charge is -2.16. The molecule has 0 saturated heterocycles. The van der Waals surface area contributed by atoms with Crippen molar-refractivity contribution in [2.45, 2.75) is 20.8 Å². The lowest BCUT2D eigenvalue weighted by molar-refractivity contribution is 0.101. The van der Waals surface area contributed by atoms with Crippen LogP contribution >= 0.6 is 12.2 Å². The Morgan fingerprint density at radius 1 is 1.05 bits per heavy atom. The van der Waals surface area contributed by atoms with Gasteiger partial charge in [0.25, 0.3) is 0 Å². The van der Waals surface area contributed by atoms with Crippen molar-refractivity contribution in [3.63, 3.8) is 0 Å². The minimum Gasteiger partial charge on any atom is -0.353 e. The number of thiocarbonyl (C=S) groups is 1. The summed E-state index contributed by atoms with van der Waals surface area (Å²) in [7, 11) is 0. The number of para-hydroxylation sites is 2. The van der Waals surface area contributed by atoms with Crippen molar-refractivity contribution in [1.29, 1.82) is 0 Å². The summed E-state index contributed by atoms with van der Waals surface area (Å²) in [5, 5.41) is 6.63. The van der Waals surface area contributed by atoms with Gasteiger partial charge in [-0.1, -0.05) is 24.4 Å². The molecule has 0 fully saturated rings. The van der Waals surface area contributed by atoms with E-state index in [-0.39, 0.29) is 5.78 Å². The Hall–Kier alpha value is -2.20. The molecule has 1 heterocycles. The molecule has 3 rings (SSSR count). The lowest BCUT2D eigenvalue weighted by Crippen LogP contribution is -2.16. The van der Waals surface area contributed by atoms with Crippen LogP contribution in [0.15, 0.2) is 30.3 Å². The lowest BCUT2D eigenvalue weighted by atomic mass is 9.93. The van der Waals surface area contributed by atoms with Crippen molar-refractivity contribution in [2.75, 3.05) is 10.6 Å². The molecule has 2 aromatic carbocycles. The summed E-state index contributed by atoms with van der Waals surface area (Å²) in [5.74, 6) is 0.0318. The average molecular weight is 296 g/mol. The Morgan fingerprint density at radius 3 is 2.29 bits per heavy atom. The molecule has 0 aromatic heterocycles. The zero-order chi connectivity index (χ0) is 15.1. The summed E-state index contributed by atoms with van der Waals surface area (Å²) >= 11 is 5.53. The molecule has 0 amide bonds. The van der Waals surface area contributed by atoms with E-state index >= 15 is 0 Å². The zero-order valence-electron chi connectivity index (χ0n) is 12.2. The van der Waals surface area contributed by atoms with E-state index in [9.17, 15) is 4.79 Å². The second-order valence-electron chi connectivity index (χ2n) is 5.30. The van der Waals surface area contributed by atoms with Gasteiger partial charge in [0.2, 0.25) is 0 Å². The van der Waals surface area contributed by atoms with Gasteiger partial charge in [-0.2, -0.15) is 0 Å². The third kappa shape index (κ3) is 2.21. The van der Waals surface area contributed by atoms with E-state index in [4.69, 9.17) is 12.2 Å². The van der Waals surface area contributed by atoms with E-state index < -0.39 is 0 Å². The van der Waals surface area contributed by atoms with E-state index in [1.165, 1.54) is 0 Å². The van der Waals surface area contributed by atoms with Gasteiger partial charge in [-0.15, -0.1) is 0 Å². The standard InChI is InChI=1S/C17H16N2OS/c1-9-8-14-16(15(10(9)2)11(3)20)17(21)19-13-7-5-4-6-12(13)18-14/h4-8,18H,1-3H3,(H,19,21). The molecule has 21 heavy (non-hydrogen) atoms. The number of hydrogen-bond donors (Lipinski definition) is 2. The molecule has 1 aliphatic rings. The summed E-state index contributed by atoms with van der Waals surface area (Å²) in [6, 6.07) is 9.92. The molecule has 0 atom stereocenters. The molecule has 0 radical (unpaired) electrons. The minimum atomic E-state index is 0.0318. The van der Waals surface area contributed by atoms with Crippen LogP contribution in [0.5, 0.6) is 0 Å². The van der Waals surface area contributed by atoms with E-state index in [0.717, 1.165) is 33.8 Å². The fraction of sp³-hybridized carbons (Fsp3) is 0.176. The first-order chi connectivity index (χ1) is 9.99. The largest absolute Gasteiger partial charge is 0.353 e. The van der Waals surface area contributed by atoms with Gasteiger partial charge in [-0.05, 0) is 50.1 Å². The Labute approximate surface area is 129 Å². The highest BCUT2D eigenvalue weighted by atomic mass is 32.1. The smallest absolute Gasteiger partial charge is 0.160 e.